The zero-order chi connectivity index (χ0) is 20.8. The molecule has 1 atom stereocenters. The van der Waals surface area contributed by atoms with E-state index >= 15 is 0 Å². The van der Waals surface area contributed by atoms with Crippen LogP contribution in [0, 0.1) is 5.92 Å². The van der Waals surface area contributed by atoms with Crippen LogP contribution in [-0.4, -0.2) is 61.9 Å². The largest absolute Gasteiger partial charge is 0.447 e. The second-order valence-electron chi connectivity index (χ2n) is 8.65. The van der Waals surface area contributed by atoms with Crippen molar-refractivity contribution in [1.82, 2.24) is 9.80 Å². The van der Waals surface area contributed by atoms with E-state index in [9.17, 15) is 4.79 Å². The maximum absolute atomic E-state index is 12.2. The third kappa shape index (κ3) is 5.13. The summed E-state index contributed by atoms with van der Waals surface area (Å²) in [6.07, 6.45) is 5.82. The fourth-order valence-electron chi connectivity index (χ4n) is 5.09. The number of likely N-dealkylation sites (tertiary alicyclic amines) is 2. The van der Waals surface area contributed by atoms with Crippen molar-refractivity contribution in [2.24, 2.45) is 5.92 Å². The van der Waals surface area contributed by atoms with E-state index in [4.69, 9.17) is 9.47 Å². The smallest absolute Gasteiger partial charge is 0.409 e. The van der Waals surface area contributed by atoms with Crippen molar-refractivity contribution >= 4 is 16.9 Å². The van der Waals surface area contributed by atoms with Crippen LogP contribution in [0.3, 0.4) is 0 Å². The minimum Gasteiger partial charge on any atom is -0.447 e. The van der Waals surface area contributed by atoms with Crippen LogP contribution in [0.2, 0.25) is 0 Å². The molecule has 0 saturated carbocycles. The van der Waals surface area contributed by atoms with Gasteiger partial charge in [0.1, 0.15) is 6.61 Å². The molecule has 1 amide bonds. The zero-order valence-electron chi connectivity index (χ0n) is 18.1. The number of fused-ring (bicyclic) bond motifs is 1. The predicted octanol–water partition coefficient (Wildman–Crippen LogP) is 4.69. The van der Waals surface area contributed by atoms with Gasteiger partial charge in [0.15, 0.2) is 0 Å². The van der Waals surface area contributed by atoms with Crippen LogP contribution in [0.4, 0.5) is 4.79 Å². The summed E-state index contributed by atoms with van der Waals surface area (Å²) in [6, 6.07) is 16.1. The molecule has 30 heavy (non-hydrogen) atoms. The van der Waals surface area contributed by atoms with E-state index in [0.717, 1.165) is 32.5 Å². The summed E-state index contributed by atoms with van der Waals surface area (Å²) in [5, 5.41) is 2.63. The Bertz CT molecular complexity index is 832. The number of rotatable bonds is 6. The number of ether oxygens (including phenoxy) is 2. The summed E-state index contributed by atoms with van der Waals surface area (Å²) in [4.78, 5) is 16.8. The summed E-state index contributed by atoms with van der Waals surface area (Å²) in [5.74, 6) is 0.661. The quantitative estimate of drug-likeness (QED) is 0.648. The number of nitrogens with zero attached hydrogens (tertiary/aromatic N) is 2. The van der Waals surface area contributed by atoms with Crippen LogP contribution in [0.1, 0.15) is 37.7 Å². The normalized spacial score (nSPS) is 21.1. The summed E-state index contributed by atoms with van der Waals surface area (Å²) in [7, 11) is 1.62. The molecule has 2 aromatic rings. The molecule has 5 heteroatoms. The van der Waals surface area contributed by atoms with Gasteiger partial charge < -0.3 is 14.4 Å². The van der Waals surface area contributed by atoms with Gasteiger partial charge in [0.05, 0.1) is 6.61 Å². The Morgan fingerprint density at radius 3 is 2.57 bits per heavy atom. The molecule has 2 heterocycles. The lowest BCUT2D eigenvalue weighted by atomic mass is 9.83. The summed E-state index contributed by atoms with van der Waals surface area (Å²) in [6.45, 7) is 4.59. The lowest BCUT2D eigenvalue weighted by molar-refractivity contribution is 0.0387. The lowest BCUT2D eigenvalue weighted by Gasteiger charge is -2.43. The van der Waals surface area contributed by atoms with Crippen molar-refractivity contribution in [2.75, 3.05) is 40.0 Å². The molecular weight excluding hydrogens is 376 g/mol. The van der Waals surface area contributed by atoms with Crippen LogP contribution in [0.15, 0.2) is 42.5 Å². The molecule has 0 spiro atoms. The number of carbonyl (C=O) groups excluding carboxylic acids is 1. The van der Waals surface area contributed by atoms with Crippen molar-refractivity contribution in [2.45, 2.75) is 44.7 Å². The number of carbonyl (C=O) groups is 1. The molecule has 0 radical (unpaired) electrons. The number of benzene rings is 2. The molecule has 0 bridgehead atoms. The van der Waals surface area contributed by atoms with Crippen molar-refractivity contribution in [3.05, 3.63) is 48.0 Å². The molecule has 2 aliphatic rings. The van der Waals surface area contributed by atoms with Crippen molar-refractivity contribution in [3.8, 4) is 0 Å². The highest BCUT2D eigenvalue weighted by molar-refractivity contribution is 5.82. The monoisotopic (exact) mass is 410 g/mol. The lowest BCUT2D eigenvalue weighted by Crippen LogP contribution is -2.48. The number of amides is 1. The van der Waals surface area contributed by atoms with Crippen molar-refractivity contribution in [1.29, 1.82) is 0 Å². The Kier molecular flexibility index (Phi) is 7.24. The Morgan fingerprint density at radius 2 is 1.77 bits per heavy atom. The second-order valence-corrected chi connectivity index (χ2v) is 8.65. The topological polar surface area (TPSA) is 42.0 Å². The Balaban J connectivity index is 1.35. The van der Waals surface area contributed by atoms with Gasteiger partial charge >= 0.3 is 6.09 Å². The van der Waals surface area contributed by atoms with E-state index in [2.05, 4.69) is 47.4 Å². The number of hydrogen-bond donors (Lipinski definition) is 0. The average molecular weight is 411 g/mol. The van der Waals surface area contributed by atoms with E-state index < -0.39 is 0 Å². The van der Waals surface area contributed by atoms with Gasteiger partial charge in [0.2, 0.25) is 0 Å². The van der Waals surface area contributed by atoms with E-state index in [1.54, 1.807) is 7.11 Å². The molecule has 4 rings (SSSR count). The summed E-state index contributed by atoms with van der Waals surface area (Å²) >= 11 is 0. The second kappa shape index (κ2) is 10.3. The minimum atomic E-state index is -0.192. The first kappa shape index (κ1) is 21.1. The van der Waals surface area contributed by atoms with Crippen LogP contribution in [0.5, 0.6) is 0 Å². The van der Waals surface area contributed by atoms with E-state index in [-0.39, 0.29) is 6.09 Å². The highest BCUT2D eigenvalue weighted by Crippen LogP contribution is 2.32. The van der Waals surface area contributed by atoms with Crippen LogP contribution < -0.4 is 0 Å². The molecule has 2 saturated heterocycles. The van der Waals surface area contributed by atoms with Crippen molar-refractivity contribution in [3.63, 3.8) is 0 Å². The molecule has 0 aromatic heterocycles. The maximum atomic E-state index is 12.2. The van der Waals surface area contributed by atoms with Crippen LogP contribution >= 0.6 is 0 Å². The van der Waals surface area contributed by atoms with E-state index in [0.29, 0.717) is 25.2 Å². The van der Waals surface area contributed by atoms with Gasteiger partial charge in [-0.3, -0.25) is 4.90 Å². The van der Waals surface area contributed by atoms with Gasteiger partial charge in [-0.25, -0.2) is 4.79 Å². The first-order chi connectivity index (χ1) is 14.7. The SMILES string of the molecule is COCCOC(=O)N1CCC(C2CCCCN2Cc2ccc3ccccc3c2)CC1. The Hall–Kier alpha value is -2.11. The van der Waals surface area contributed by atoms with Gasteiger partial charge in [0.25, 0.3) is 0 Å². The molecule has 2 aliphatic heterocycles. The summed E-state index contributed by atoms with van der Waals surface area (Å²) in [5.41, 5.74) is 1.40. The number of piperidine rings is 2. The first-order valence-electron chi connectivity index (χ1n) is 11.4. The zero-order valence-corrected chi connectivity index (χ0v) is 18.1. The van der Waals surface area contributed by atoms with Gasteiger partial charge in [-0.1, -0.05) is 42.8 Å². The fourth-order valence-corrected chi connectivity index (χ4v) is 5.09. The van der Waals surface area contributed by atoms with Crippen molar-refractivity contribution < 1.29 is 14.3 Å². The third-order valence-corrected chi connectivity index (χ3v) is 6.72. The van der Waals surface area contributed by atoms with E-state index in [1.165, 1.54) is 42.1 Å². The molecule has 162 valence electrons. The molecule has 1 unspecified atom stereocenters. The van der Waals surface area contributed by atoms with E-state index in [1.807, 2.05) is 4.90 Å². The minimum absolute atomic E-state index is 0.192. The summed E-state index contributed by atoms with van der Waals surface area (Å²) < 4.78 is 10.2. The average Bonchev–Trinajstić information content (AvgIpc) is 2.79. The van der Waals surface area contributed by atoms with Crippen LogP contribution in [0.25, 0.3) is 10.8 Å². The highest BCUT2D eigenvalue weighted by Gasteiger charge is 2.33. The molecule has 0 aliphatic carbocycles. The Morgan fingerprint density at radius 1 is 0.967 bits per heavy atom. The molecular formula is C25H34N2O3. The highest BCUT2D eigenvalue weighted by atomic mass is 16.6. The molecule has 2 fully saturated rings. The fraction of sp³-hybridized carbons (Fsp3) is 0.560. The first-order valence-corrected chi connectivity index (χ1v) is 11.4. The van der Waals surface area contributed by atoms with Crippen LogP contribution in [-0.2, 0) is 16.0 Å². The predicted molar refractivity (Wildman–Crippen MR) is 120 cm³/mol. The molecule has 0 N–H and O–H groups in total. The molecule has 2 aromatic carbocycles. The standard InChI is InChI=1S/C25H34N2O3/c1-29-16-17-30-25(28)26-14-11-22(12-15-26)24-8-4-5-13-27(24)19-20-9-10-21-6-2-3-7-23(21)18-20/h2-3,6-7,9-10,18,22,24H,4-5,8,11-17,19H2,1H3. The third-order valence-electron chi connectivity index (χ3n) is 6.72. The Labute approximate surface area is 179 Å². The maximum Gasteiger partial charge on any atom is 0.409 e. The van der Waals surface area contributed by atoms with Gasteiger partial charge in [0, 0.05) is 32.8 Å². The number of hydrogen-bond acceptors (Lipinski definition) is 4. The van der Waals surface area contributed by atoms with Gasteiger partial charge in [-0.05, 0) is 60.5 Å². The number of methoxy groups -OCH3 is 1. The molecule has 5 nitrogen and oxygen atoms in total. The van der Waals surface area contributed by atoms with Gasteiger partial charge in [-0.15, -0.1) is 0 Å². The van der Waals surface area contributed by atoms with Gasteiger partial charge in [-0.2, -0.15) is 0 Å².